The molecule has 1 aromatic heterocycles. The lowest BCUT2D eigenvalue weighted by atomic mass is 9.89. The van der Waals surface area contributed by atoms with Crippen LogP contribution >= 0.6 is 0 Å². The van der Waals surface area contributed by atoms with Crippen molar-refractivity contribution in [1.29, 1.82) is 0 Å². The van der Waals surface area contributed by atoms with Gasteiger partial charge in [-0.05, 0) is 32.1 Å². The molecule has 112 valence electrons. The molecule has 0 aliphatic heterocycles. The molecule has 0 spiro atoms. The number of anilines is 2. The second kappa shape index (κ2) is 7.46. The molecule has 0 amide bonds. The molecular formula is C16H28N4. The zero-order chi connectivity index (χ0) is 14.4. The maximum atomic E-state index is 4.58. The van der Waals surface area contributed by atoms with Gasteiger partial charge in [-0.15, -0.1) is 0 Å². The van der Waals surface area contributed by atoms with Crippen LogP contribution in [0.25, 0.3) is 0 Å². The molecule has 1 saturated carbocycles. The maximum absolute atomic E-state index is 4.58. The van der Waals surface area contributed by atoms with Crippen LogP contribution in [0.3, 0.4) is 0 Å². The predicted octanol–water partition coefficient (Wildman–Crippen LogP) is 3.62. The van der Waals surface area contributed by atoms with E-state index in [0.717, 1.165) is 42.9 Å². The van der Waals surface area contributed by atoms with Crippen molar-refractivity contribution >= 4 is 11.6 Å². The molecular weight excluding hydrogens is 248 g/mol. The molecule has 1 fully saturated rings. The second-order valence-corrected chi connectivity index (χ2v) is 5.97. The summed E-state index contributed by atoms with van der Waals surface area (Å²) in [4.78, 5) is 11.3. The molecule has 0 aromatic carbocycles. The SMILES string of the molecule is CCCNc1cc(N(C)CC2CCCCC2)nc(C)n1. The minimum atomic E-state index is 0.830. The lowest BCUT2D eigenvalue weighted by molar-refractivity contribution is 0.361. The van der Waals surface area contributed by atoms with E-state index in [2.05, 4.69) is 40.2 Å². The first-order valence-corrected chi connectivity index (χ1v) is 7.99. The van der Waals surface area contributed by atoms with Crippen molar-refractivity contribution in [3.63, 3.8) is 0 Å². The Balaban J connectivity index is 2.00. The Kier molecular flexibility index (Phi) is 5.62. The average Bonchev–Trinajstić information content (AvgIpc) is 2.45. The van der Waals surface area contributed by atoms with Crippen LogP contribution in [0.15, 0.2) is 6.07 Å². The van der Waals surface area contributed by atoms with E-state index >= 15 is 0 Å². The molecule has 1 aromatic rings. The van der Waals surface area contributed by atoms with Gasteiger partial charge in [0, 0.05) is 26.2 Å². The monoisotopic (exact) mass is 276 g/mol. The van der Waals surface area contributed by atoms with Crippen molar-refractivity contribution in [2.45, 2.75) is 52.4 Å². The summed E-state index contributed by atoms with van der Waals surface area (Å²) in [6.45, 7) is 6.21. The molecule has 1 aliphatic carbocycles. The van der Waals surface area contributed by atoms with Crippen LogP contribution in [-0.4, -0.2) is 30.1 Å². The van der Waals surface area contributed by atoms with Gasteiger partial charge in [-0.3, -0.25) is 0 Å². The minimum absolute atomic E-state index is 0.830. The number of aromatic nitrogens is 2. The van der Waals surface area contributed by atoms with Gasteiger partial charge in [0.15, 0.2) is 0 Å². The summed E-state index contributed by atoms with van der Waals surface area (Å²) < 4.78 is 0. The lowest BCUT2D eigenvalue weighted by Gasteiger charge is -2.28. The van der Waals surface area contributed by atoms with Gasteiger partial charge in [0.25, 0.3) is 0 Å². The van der Waals surface area contributed by atoms with Crippen LogP contribution < -0.4 is 10.2 Å². The van der Waals surface area contributed by atoms with Gasteiger partial charge in [0.05, 0.1) is 0 Å². The third-order valence-corrected chi connectivity index (χ3v) is 4.03. The Morgan fingerprint density at radius 3 is 2.70 bits per heavy atom. The minimum Gasteiger partial charge on any atom is -0.370 e. The highest BCUT2D eigenvalue weighted by Gasteiger charge is 2.16. The van der Waals surface area contributed by atoms with E-state index in [1.807, 2.05) is 6.92 Å². The normalized spacial score (nSPS) is 16.1. The number of nitrogens with one attached hydrogen (secondary N) is 1. The molecule has 4 nitrogen and oxygen atoms in total. The van der Waals surface area contributed by atoms with Gasteiger partial charge in [0.1, 0.15) is 17.5 Å². The van der Waals surface area contributed by atoms with E-state index in [9.17, 15) is 0 Å². The molecule has 1 N–H and O–H groups in total. The molecule has 0 unspecified atom stereocenters. The zero-order valence-corrected chi connectivity index (χ0v) is 13.2. The van der Waals surface area contributed by atoms with Crippen LogP contribution in [0, 0.1) is 12.8 Å². The summed E-state index contributed by atoms with van der Waals surface area (Å²) in [5.74, 6) is 3.67. The summed E-state index contributed by atoms with van der Waals surface area (Å²) in [5, 5.41) is 3.36. The molecule has 0 saturated heterocycles. The second-order valence-electron chi connectivity index (χ2n) is 5.97. The van der Waals surface area contributed by atoms with E-state index in [-0.39, 0.29) is 0 Å². The third kappa shape index (κ3) is 4.36. The highest BCUT2D eigenvalue weighted by molar-refractivity contribution is 5.48. The number of aryl methyl sites for hydroxylation is 1. The number of hydrogen-bond donors (Lipinski definition) is 1. The summed E-state index contributed by atoms with van der Waals surface area (Å²) in [6.07, 6.45) is 8.05. The highest BCUT2D eigenvalue weighted by atomic mass is 15.2. The van der Waals surface area contributed by atoms with Gasteiger partial charge in [0.2, 0.25) is 0 Å². The summed E-state index contributed by atoms with van der Waals surface area (Å²) >= 11 is 0. The Morgan fingerprint density at radius 1 is 1.25 bits per heavy atom. The summed E-state index contributed by atoms with van der Waals surface area (Å²) in [7, 11) is 2.15. The Labute approximate surface area is 123 Å². The Morgan fingerprint density at radius 2 is 2.00 bits per heavy atom. The first-order valence-electron chi connectivity index (χ1n) is 7.99. The van der Waals surface area contributed by atoms with E-state index in [1.165, 1.54) is 32.1 Å². The van der Waals surface area contributed by atoms with Gasteiger partial charge in [-0.1, -0.05) is 26.2 Å². The van der Waals surface area contributed by atoms with E-state index in [4.69, 9.17) is 0 Å². The van der Waals surface area contributed by atoms with Crippen LogP contribution in [0.4, 0.5) is 11.6 Å². The van der Waals surface area contributed by atoms with Crippen molar-refractivity contribution in [2.24, 2.45) is 5.92 Å². The quantitative estimate of drug-likeness (QED) is 0.861. The number of rotatable bonds is 6. The molecule has 1 aliphatic rings. The maximum Gasteiger partial charge on any atom is 0.134 e. The van der Waals surface area contributed by atoms with E-state index < -0.39 is 0 Å². The molecule has 4 heteroatoms. The van der Waals surface area contributed by atoms with E-state index in [0.29, 0.717) is 0 Å². The number of nitrogens with zero attached hydrogens (tertiary/aromatic N) is 3. The van der Waals surface area contributed by atoms with Crippen molar-refractivity contribution in [2.75, 3.05) is 30.4 Å². The van der Waals surface area contributed by atoms with Gasteiger partial charge in [-0.2, -0.15) is 0 Å². The number of hydrogen-bond acceptors (Lipinski definition) is 4. The van der Waals surface area contributed by atoms with Gasteiger partial charge in [-0.25, -0.2) is 9.97 Å². The Bertz CT molecular complexity index is 413. The fourth-order valence-electron chi connectivity index (χ4n) is 2.94. The predicted molar refractivity (Wildman–Crippen MR) is 85.4 cm³/mol. The molecule has 1 heterocycles. The first-order chi connectivity index (χ1) is 9.69. The topological polar surface area (TPSA) is 41.0 Å². The van der Waals surface area contributed by atoms with Gasteiger partial charge >= 0.3 is 0 Å². The Hall–Kier alpha value is -1.32. The highest BCUT2D eigenvalue weighted by Crippen LogP contribution is 2.25. The van der Waals surface area contributed by atoms with E-state index in [1.54, 1.807) is 0 Å². The van der Waals surface area contributed by atoms with Crippen LogP contribution in [0.5, 0.6) is 0 Å². The molecule has 0 atom stereocenters. The zero-order valence-electron chi connectivity index (χ0n) is 13.2. The largest absolute Gasteiger partial charge is 0.370 e. The van der Waals surface area contributed by atoms with Crippen molar-refractivity contribution in [1.82, 2.24) is 9.97 Å². The van der Waals surface area contributed by atoms with Crippen LogP contribution in [0.2, 0.25) is 0 Å². The van der Waals surface area contributed by atoms with Gasteiger partial charge < -0.3 is 10.2 Å². The first kappa shape index (κ1) is 15.1. The average molecular weight is 276 g/mol. The van der Waals surface area contributed by atoms with Crippen molar-refractivity contribution in [3.05, 3.63) is 11.9 Å². The molecule has 0 bridgehead atoms. The summed E-state index contributed by atoms with van der Waals surface area (Å²) in [5.41, 5.74) is 0. The van der Waals surface area contributed by atoms with Crippen LogP contribution in [-0.2, 0) is 0 Å². The molecule has 20 heavy (non-hydrogen) atoms. The molecule has 2 rings (SSSR count). The lowest BCUT2D eigenvalue weighted by Crippen LogP contribution is -2.27. The van der Waals surface area contributed by atoms with Crippen LogP contribution in [0.1, 0.15) is 51.3 Å². The summed E-state index contributed by atoms with van der Waals surface area (Å²) in [6, 6.07) is 2.07. The standard InChI is InChI=1S/C16H28N4/c1-4-10-17-15-11-16(19-13(2)18-15)20(3)12-14-8-6-5-7-9-14/h11,14H,4-10,12H2,1-3H3,(H,17,18,19). The smallest absolute Gasteiger partial charge is 0.134 e. The fraction of sp³-hybridized carbons (Fsp3) is 0.750. The molecule has 0 radical (unpaired) electrons. The third-order valence-electron chi connectivity index (χ3n) is 4.03. The van der Waals surface area contributed by atoms with Crippen molar-refractivity contribution < 1.29 is 0 Å². The van der Waals surface area contributed by atoms with Crippen molar-refractivity contribution in [3.8, 4) is 0 Å². The fourth-order valence-corrected chi connectivity index (χ4v) is 2.94.